The van der Waals surface area contributed by atoms with Gasteiger partial charge in [0.25, 0.3) is 0 Å². The van der Waals surface area contributed by atoms with E-state index in [0.29, 0.717) is 5.82 Å². The molecule has 0 atom stereocenters. The van der Waals surface area contributed by atoms with Crippen LogP contribution in [0.25, 0.3) is 33.7 Å². The minimum Gasteiger partial charge on any atom is -0.244 e. The van der Waals surface area contributed by atoms with Gasteiger partial charge in [-0.25, -0.2) is 15.0 Å². The molecule has 3 heteroatoms. The van der Waals surface area contributed by atoms with Crippen LogP contribution in [-0.2, 0) is 0 Å². The Morgan fingerprint density at radius 1 is 0.750 bits per heavy atom. The van der Waals surface area contributed by atoms with E-state index in [1.54, 1.807) is 0 Å². The molecule has 116 valence electrons. The Hall–Kier alpha value is -3.07. The first-order valence-electron chi connectivity index (χ1n) is 7.97. The summed E-state index contributed by atoms with van der Waals surface area (Å²) >= 11 is 0. The van der Waals surface area contributed by atoms with Gasteiger partial charge in [-0.15, -0.1) is 0 Å². The zero-order valence-corrected chi connectivity index (χ0v) is 13.7. The van der Waals surface area contributed by atoms with Crippen molar-refractivity contribution in [3.05, 3.63) is 78.0 Å². The highest BCUT2D eigenvalue weighted by atomic mass is 14.9. The first kappa shape index (κ1) is 14.5. The summed E-state index contributed by atoms with van der Waals surface area (Å²) in [4.78, 5) is 13.9. The lowest BCUT2D eigenvalue weighted by atomic mass is 10.0. The quantitative estimate of drug-likeness (QED) is 0.524. The summed E-state index contributed by atoms with van der Waals surface area (Å²) in [6, 6.07) is 20.4. The number of nitrogens with zero attached hydrogens (tertiary/aromatic N) is 3. The van der Waals surface area contributed by atoms with Crippen molar-refractivity contribution in [2.75, 3.05) is 0 Å². The van der Waals surface area contributed by atoms with Crippen molar-refractivity contribution >= 4 is 10.9 Å². The Kier molecular flexibility index (Phi) is 3.54. The van der Waals surface area contributed by atoms with Crippen LogP contribution in [0.5, 0.6) is 0 Å². The molecule has 0 aliphatic heterocycles. The lowest BCUT2D eigenvalue weighted by molar-refractivity contribution is 1.17. The van der Waals surface area contributed by atoms with E-state index in [4.69, 9.17) is 4.98 Å². The van der Waals surface area contributed by atoms with E-state index >= 15 is 0 Å². The van der Waals surface area contributed by atoms with Crippen molar-refractivity contribution in [2.24, 2.45) is 0 Å². The number of aryl methyl sites for hydroxylation is 2. The van der Waals surface area contributed by atoms with Crippen molar-refractivity contribution in [3.63, 3.8) is 0 Å². The van der Waals surface area contributed by atoms with E-state index in [1.165, 1.54) is 11.1 Å². The maximum atomic E-state index is 4.80. The Bertz CT molecular complexity index is 1040. The topological polar surface area (TPSA) is 38.7 Å². The zero-order chi connectivity index (χ0) is 16.5. The van der Waals surface area contributed by atoms with Crippen LogP contribution >= 0.6 is 0 Å². The average molecular weight is 311 g/mol. The van der Waals surface area contributed by atoms with E-state index in [2.05, 4.69) is 42.0 Å². The number of hydrogen-bond donors (Lipinski definition) is 0. The molecule has 0 N–H and O–H groups in total. The van der Waals surface area contributed by atoms with Crippen LogP contribution in [0.4, 0.5) is 0 Å². The van der Waals surface area contributed by atoms with Crippen LogP contribution in [0.15, 0.2) is 66.9 Å². The first-order valence-corrected chi connectivity index (χ1v) is 7.97. The third kappa shape index (κ3) is 2.65. The highest BCUT2D eigenvalue weighted by Gasteiger charge is 2.08. The fourth-order valence-electron chi connectivity index (χ4n) is 2.82. The number of aromatic nitrogens is 3. The van der Waals surface area contributed by atoms with E-state index in [9.17, 15) is 0 Å². The van der Waals surface area contributed by atoms with Crippen molar-refractivity contribution in [1.82, 2.24) is 15.0 Å². The molecule has 2 heterocycles. The third-order valence-electron chi connectivity index (χ3n) is 4.14. The molecule has 0 aliphatic carbocycles. The minimum absolute atomic E-state index is 0.654. The fraction of sp³-hybridized carbons (Fsp3) is 0.0952. The van der Waals surface area contributed by atoms with Gasteiger partial charge in [0.15, 0.2) is 5.82 Å². The molecular formula is C21H17N3. The lowest BCUT2D eigenvalue weighted by Gasteiger charge is -2.08. The normalized spacial score (nSPS) is 10.9. The highest BCUT2D eigenvalue weighted by molar-refractivity contribution is 5.79. The van der Waals surface area contributed by atoms with E-state index in [0.717, 1.165) is 27.9 Å². The Balaban J connectivity index is 1.83. The summed E-state index contributed by atoms with van der Waals surface area (Å²) in [5, 5.41) is 1.03. The van der Waals surface area contributed by atoms with Gasteiger partial charge >= 0.3 is 0 Å². The molecule has 3 nitrogen and oxygen atoms in total. The molecule has 0 aliphatic rings. The number of hydrogen-bond acceptors (Lipinski definition) is 3. The minimum atomic E-state index is 0.654. The van der Waals surface area contributed by atoms with E-state index < -0.39 is 0 Å². The number of benzene rings is 2. The summed E-state index contributed by atoms with van der Waals surface area (Å²) in [7, 11) is 0. The molecule has 4 aromatic rings. The Labute approximate surface area is 141 Å². The van der Waals surface area contributed by atoms with Crippen molar-refractivity contribution < 1.29 is 0 Å². The zero-order valence-electron chi connectivity index (χ0n) is 13.7. The van der Waals surface area contributed by atoms with Crippen LogP contribution < -0.4 is 0 Å². The fourth-order valence-corrected chi connectivity index (χ4v) is 2.82. The predicted molar refractivity (Wildman–Crippen MR) is 97.7 cm³/mol. The Morgan fingerprint density at radius 3 is 2.50 bits per heavy atom. The van der Waals surface area contributed by atoms with Gasteiger partial charge in [-0.1, -0.05) is 42.0 Å². The van der Waals surface area contributed by atoms with Gasteiger partial charge in [0.1, 0.15) is 5.69 Å². The molecule has 0 saturated carbocycles. The maximum absolute atomic E-state index is 4.80. The molecule has 0 unspecified atom stereocenters. The predicted octanol–water partition coefficient (Wildman–Crippen LogP) is 4.98. The summed E-state index contributed by atoms with van der Waals surface area (Å²) in [6.45, 7) is 4.20. The van der Waals surface area contributed by atoms with E-state index in [-0.39, 0.29) is 0 Å². The second kappa shape index (κ2) is 5.85. The van der Waals surface area contributed by atoms with E-state index in [1.807, 2.05) is 48.7 Å². The molecule has 2 aromatic carbocycles. The van der Waals surface area contributed by atoms with Crippen LogP contribution in [-0.4, -0.2) is 15.0 Å². The summed E-state index contributed by atoms with van der Waals surface area (Å²) in [5.41, 5.74) is 6.26. The number of rotatable bonds is 2. The summed E-state index contributed by atoms with van der Waals surface area (Å²) in [5.74, 6) is 0.654. The summed E-state index contributed by atoms with van der Waals surface area (Å²) < 4.78 is 0. The molecule has 0 fully saturated rings. The largest absolute Gasteiger partial charge is 0.244 e. The average Bonchev–Trinajstić information content (AvgIpc) is 2.63. The molecule has 0 radical (unpaired) electrons. The lowest BCUT2D eigenvalue weighted by Crippen LogP contribution is -1.95. The van der Waals surface area contributed by atoms with Crippen LogP contribution in [0, 0.1) is 13.8 Å². The standard InChI is InChI=1S/C21H17N3/c1-14-10-11-15(2)17(12-14)19-8-5-9-20(23-19)21-22-13-16-6-3-4-7-18(16)24-21/h3-13H,1-2H3. The van der Waals surface area contributed by atoms with Crippen LogP contribution in [0.1, 0.15) is 11.1 Å². The van der Waals surface area contributed by atoms with Crippen LogP contribution in [0.3, 0.4) is 0 Å². The third-order valence-corrected chi connectivity index (χ3v) is 4.14. The second-order valence-corrected chi connectivity index (χ2v) is 5.98. The smallest absolute Gasteiger partial charge is 0.178 e. The molecule has 0 saturated heterocycles. The monoisotopic (exact) mass is 311 g/mol. The molecule has 24 heavy (non-hydrogen) atoms. The molecule has 2 aromatic heterocycles. The molecule has 4 rings (SSSR count). The van der Waals surface area contributed by atoms with Crippen molar-refractivity contribution in [1.29, 1.82) is 0 Å². The van der Waals surface area contributed by atoms with Gasteiger partial charge in [-0.05, 0) is 43.7 Å². The maximum Gasteiger partial charge on any atom is 0.178 e. The van der Waals surface area contributed by atoms with Gasteiger partial charge in [-0.2, -0.15) is 0 Å². The molecular weight excluding hydrogens is 294 g/mol. The summed E-state index contributed by atoms with van der Waals surface area (Å²) in [6.07, 6.45) is 1.85. The van der Waals surface area contributed by atoms with Gasteiger partial charge in [0, 0.05) is 17.1 Å². The first-order chi connectivity index (χ1) is 11.7. The van der Waals surface area contributed by atoms with Crippen LogP contribution in [0.2, 0.25) is 0 Å². The second-order valence-electron chi connectivity index (χ2n) is 5.98. The van der Waals surface area contributed by atoms with Gasteiger partial charge in [0.05, 0.1) is 11.2 Å². The molecule has 0 amide bonds. The highest BCUT2D eigenvalue weighted by Crippen LogP contribution is 2.25. The van der Waals surface area contributed by atoms with Gasteiger partial charge in [0.2, 0.25) is 0 Å². The van der Waals surface area contributed by atoms with Gasteiger partial charge in [-0.3, -0.25) is 0 Å². The molecule has 0 bridgehead atoms. The SMILES string of the molecule is Cc1ccc(C)c(-c2cccc(-c3ncc4ccccc4n3)n2)c1. The molecule has 0 spiro atoms. The number of para-hydroxylation sites is 1. The van der Waals surface area contributed by atoms with Crippen molar-refractivity contribution in [2.45, 2.75) is 13.8 Å². The Morgan fingerprint density at radius 2 is 1.58 bits per heavy atom. The number of fused-ring (bicyclic) bond motifs is 1. The van der Waals surface area contributed by atoms with Gasteiger partial charge < -0.3 is 0 Å². The van der Waals surface area contributed by atoms with Crippen molar-refractivity contribution in [3.8, 4) is 22.8 Å². The number of pyridine rings is 1.